The highest BCUT2D eigenvalue weighted by molar-refractivity contribution is 5.33. The molecule has 1 fully saturated rings. The van der Waals surface area contributed by atoms with Crippen molar-refractivity contribution in [2.24, 2.45) is 5.92 Å². The zero-order valence-electron chi connectivity index (χ0n) is 11.7. The number of piperidine rings is 1. The number of aryl methyl sites for hydroxylation is 1. The SMILES string of the molecule is CCNCc1cnc(N2CCCC(C)C2)nc1C. The van der Waals surface area contributed by atoms with Gasteiger partial charge >= 0.3 is 0 Å². The Hall–Kier alpha value is -1.16. The van der Waals surface area contributed by atoms with E-state index < -0.39 is 0 Å². The molecule has 0 aromatic carbocycles. The Morgan fingerprint density at radius 1 is 1.50 bits per heavy atom. The van der Waals surface area contributed by atoms with E-state index in [9.17, 15) is 0 Å². The van der Waals surface area contributed by atoms with Gasteiger partial charge in [-0.2, -0.15) is 0 Å². The molecule has 1 N–H and O–H groups in total. The molecule has 2 rings (SSSR count). The van der Waals surface area contributed by atoms with Crippen molar-refractivity contribution in [2.75, 3.05) is 24.5 Å². The number of hydrogen-bond donors (Lipinski definition) is 1. The van der Waals surface area contributed by atoms with Crippen LogP contribution in [0, 0.1) is 12.8 Å². The second-order valence-electron chi connectivity index (χ2n) is 5.25. The number of aromatic nitrogens is 2. The lowest BCUT2D eigenvalue weighted by molar-refractivity contribution is 0.441. The van der Waals surface area contributed by atoms with Crippen LogP contribution in [0.15, 0.2) is 6.20 Å². The average molecular weight is 248 g/mol. The minimum absolute atomic E-state index is 0.754. The first kappa shape index (κ1) is 13.3. The van der Waals surface area contributed by atoms with Crippen molar-refractivity contribution in [3.8, 4) is 0 Å². The molecule has 18 heavy (non-hydrogen) atoms. The molecule has 2 heterocycles. The van der Waals surface area contributed by atoms with Crippen LogP contribution in [0.1, 0.15) is 37.9 Å². The lowest BCUT2D eigenvalue weighted by Gasteiger charge is -2.31. The molecule has 1 aliphatic heterocycles. The molecule has 0 spiro atoms. The summed E-state index contributed by atoms with van der Waals surface area (Å²) in [5.74, 6) is 1.66. The second kappa shape index (κ2) is 6.14. The molecule has 100 valence electrons. The standard InChI is InChI=1S/C14H24N4/c1-4-15-8-13-9-16-14(17-12(13)3)18-7-5-6-11(2)10-18/h9,11,15H,4-8,10H2,1-3H3. The van der Waals surface area contributed by atoms with Crippen molar-refractivity contribution in [2.45, 2.75) is 40.2 Å². The molecule has 1 aliphatic rings. The second-order valence-corrected chi connectivity index (χ2v) is 5.25. The summed E-state index contributed by atoms with van der Waals surface area (Å²) < 4.78 is 0. The Morgan fingerprint density at radius 3 is 3.00 bits per heavy atom. The predicted octanol–water partition coefficient (Wildman–Crippen LogP) is 2.13. The lowest BCUT2D eigenvalue weighted by Crippen LogP contribution is -2.35. The zero-order chi connectivity index (χ0) is 13.0. The maximum Gasteiger partial charge on any atom is 0.225 e. The molecule has 1 unspecified atom stereocenters. The van der Waals surface area contributed by atoms with Gasteiger partial charge in [0.2, 0.25) is 5.95 Å². The van der Waals surface area contributed by atoms with Crippen LogP contribution in [0.2, 0.25) is 0 Å². The summed E-state index contributed by atoms with van der Waals surface area (Å²) in [6.07, 6.45) is 4.55. The molecule has 1 atom stereocenters. The number of nitrogens with one attached hydrogen (secondary N) is 1. The van der Waals surface area contributed by atoms with E-state index in [-0.39, 0.29) is 0 Å². The Balaban J connectivity index is 2.07. The Labute approximate surface area is 110 Å². The molecule has 0 radical (unpaired) electrons. The van der Waals surface area contributed by atoms with E-state index >= 15 is 0 Å². The molecule has 0 bridgehead atoms. The molecular formula is C14H24N4. The van der Waals surface area contributed by atoms with Crippen molar-refractivity contribution in [3.05, 3.63) is 17.5 Å². The van der Waals surface area contributed by atoms with Gasteiger partial charge in [-0.05, 0) is 32.2 Å². The first-order valence-corrected chi connectivity index (χ1v) is 6.99. The summed E-state index contributed by atoms with van der Waals surface area (Å²) in [4.78, 5) is 11.5. The van der Waals surface area contributed by atoms with Gasteiger partial charge < -0.3 is 10.2 Å². The van der Waals surface area contributed by atoms with E-state index in [4.69, 9.17) is 0 Å². The summed E-state index contributed by atoms with van der Waals surface area (Å²) in [6, 6.07) is 0. The average Bonchev–Trinajstić information content (AvgIpc) is 2.37. The van der Waals surface area contributed by atoms with Gasteiger partial charge in [0, 0.05) is 37.1 Å². The third-order valence-corrected chi connectivity index (χ3v) is 3.57. The molecule has 4 heteroatoms. The monoisotopic (exact) mass is 248 g/mol. The first-order valence-electron chi connectivity index (χ1n) is 6.99. The van der Waals surface area contributed by atoms with Gasteiger partial charge in [-0.15, -0.1) is 0 Å². The Bertz CT molecular complexity index is 391. The Kier molecular flexibility index (Phi) is 4.53. The van der Waals surface area contributed by atoms with E-state index in [1.54, 1.807) is 0 Å². The van der Waals surface area contributed by atoms with Gasteiger partial charge in [0.1, 0.15) is 0 Å². The highest BCUT2D eigenvalue weighted by Crippen LogP contribution is 2.20. The molecule has 0 saturated carbocycles. The zero-order valence-corrected chi connectivity index (χ0v) is 11.7. The molecule has 1 aromatic heterocycles. The minimum atomic E-state index is 0.754. The summed E-state index contributed by atoms with van der Waals surface area (Å²) >= 11 is 0. The number of rotatable bonds is 4. The van der Waals surface area contributed by atoms with Gasteiger partial charge in [0.05, 0.1) is 0 Å². The third-order valence-electron chi connectivity index (χ3n) is 3.57. The van der Waals surface area contributed by atoms with Gasteiger partial charge in [0.15, 0.2) is 0 Å². The van der Waals surface area contributed by atoms with Crippen LogP contribution in [-0.2, 0) is 6.54 Å². The van der Waals surface area contributed by atoms with Crippen LogP contribution < -0.4 is 10.2 Å². The molecule has 1 saturated heterocycles. The van der Waals surface area contributed by atoms with Gasteiger partial charge in [-0.25, -0.2) is 9.97 Å². The number of anilines is 1. The van der Waals surface area contributed by atoms with Gasteiger partial charge in [-0.1, -0.05) is 13.8 Å². The fraction of sp³-hybridized carbons (Fsp3) is 0.714. The predicted molar refractivity (Wildman–Crippen MR) is 74.8 cm³/mol. The topological polar surface area (TPSA) is 41.1 Å². The summed E-state index contributed by atoms with van der Waals surface area (Å²) in [5, 5.41) is 3.32. The van der Waals surface area contributed by atoms with Crippen LogP contribution in [0.4, 0.5) is 5.95 Å². The summed E-state index contributed by atoms with van der Waals surface area (Å²) in [5.41, 5.74) is 2.30. The smallest absolute Gasteiger partial charge is 0.225 e. The van der Waals surface area contributed by atoms with Crippen molar-refractivity contribution in [1.82, 2.24) is 15.3 Å². The van der Waals surface area contributed by atoms with E-state index in [1.807, 2.05) is 6.20 Å². The number of hydrogen-bond acceptors (Lipinski definition) is 4. The van der Waals surface area contributed by atoms with Crippen LogP contribution in [0.3, 0.4) is 0 Å². The molecule has 4 nitrogen and oxygen atoms in total. The normalized spacial score (nSPS) is 20.2. The fourth-order valence-electron chi connectivity index (χ4n) is 2.44. The maximum atomic E-state index is 4.66. The highest BCUT2D eigenvalue weighted by Gasteiger charge is 2.18. The fourth-order valence-corrected chi connectivity index (χ4v) is 2.44. The van der Waals surface area contributed by atoms with Crippen LogP contribution >= 0.6 is 0 Å². The van der Waals surface area contributed by atoms with Crippen molar-refractivity contribution in [3.63, 3.8) is 0 Å². The van der Waals surface area contributed by atoms with E-state index in [2.05, 4.69) is 41.0 Å². The minimum Gasteiger partial charge on any atom is -0.341 e. The van der Waals surface area contributed by atoms with Crippen LogP contribution in [0.5, 0.6) is 0 Å². The van der Waals surface area contributed by atoms with Gasteiger partial charge in [-0.3, -0.25) is 0 Å². The molecule has 0 amide bonds. The lowest BCUT2D eigenvalue weighted by atomic mass is 10.0. The molecule has 0 aliphatic carbocycles. The van der Waals surface area contributed by atoms with E-state index in [0.717, 1.165) is 43.7 Å². The van der Waals surface area contributed by atoms with Crippen molar-refractivity contribution < 1.29 is 0 Å². The maximum absolute atomic E-state index is 4.66. The summed E-state index contributed by atoms with van der Waals surface area (Å²) in [7, 11) is 0. The van der Waals surface area contributed by atoms with Crippen molar-refractivity contribution >= 4 is 5.95 Å². The van der Waals surface area contributed by atoms with Crippen LogP contribution in [0.25, 0.3) is 0 Å². The largest absolute Gasteiger partial charge is 0.341 e. The highest BCUT2D eigenvalue weighted by atomic mass is 15.3. The molecular weight excluding hydrogens is 224 g/mol. The van der Waals surface area contributed by atoms with Crippen LogP contribution in [-0.4, -0.2) is 29.6 Å². The summed E-state index contributed by atoms with van der Waals surface area (Å²) in [6.45, 7) is 10.5. The molecule has 1 aromatic rings. The van der Waals surface area contributed by atoms with Crippen molar-refractivity contribution in [1.29, 1.82) is 0 Å². The van der Waals surface area contributed by atoms with E-state index in [0.29, 0.717) is 0 Å². The van der Waals surface area contributed by atoms with Gasteiger partial charge in [0.25, 0.3) is 0 Å². The third kappa shape index (κ3) is 3.19. The first-order chi connectivity index (χ1) is 8.70. The Morgan fingerprint density at radius 2 is 2.33 bits per heavy atom. The van der Waals surface area contributed by atoms with E-state index in [1.165, 1.54) is 18.4 Å². The quantitative estimate of drug-likeness (QED) is 0.886. The number of nitrogens with zero attached hydrogens (tertiary/aromatic N) is 3.